The van der Waals surface area contributed by atoms with Gasteiger partial charge in [-0.05, 0) is 24.6 Å². The number of phenols is 1. The molecule has 3 nitrogen and oxygen atoms in total. The van der Waals surface area contributed by atoms with Gasteiger partial charge in [-0.1, -0.05) is 6.92 Å². The third-order valence-corrected chi connectivity index (χ3v) is 2.54. The van der Waals surface area contributed by atoms with Gasteiger partial charge in [0.2, 0.25) is 0 Å². The number of nitrogens with two attached hydrogens (primary N) is 1. The van der Waals surface area contributed by atoms with E-state index in [1.807, 2.05) is 25.3 Å². The van der Waals surface area contributed by atoms with Crippen molar-refractivity contribution in [3.63, 3.8) is 0 Å². The Labute approximate surface area is 82.6 Å². The molecule has 4 N–H and O–H groups in total. The summed E-state index contributed by atoms with van der Waals surface area (Å²) in [6.45, 7) is 2.00. The first kappa shape index (κ1) is 9.09. The van der Waals surface area contributed by atoms with Gasteiger partial charge in [0, 0.05) is 28.7 Å². The van der Waals surface area contributed by atoms with Crippen LogP contribution in [0, 0.1) is 0 Å². The number of nitrogens with one attached hydrogen (secondary N) is 1. The first-order chi connectivity index (χ1) is 6.72. The first-order valence-electron chi connectivity index (χ1n) is 4.78. The molecule has 14 heavy (non-hydrogen) atoms. The lowest BCUT2D eigenvalue weighted by Gasteiger charge is -2.11. The van der Waals surface area contributed by atoms with Crippen LogP contribution < -0.4 is 5.73 Å². The maximum Gasteiger partial charge on any atom is 0.121 e. The first-order valence-corrected chi connectivity index (χ1v) is 4.78. The van der Waals surface area contributed by atoms with E-state index in [0.29, 0.717) is 0 Å². The van der Waals surface area contributed by atoms with Crippen LogP contribution in [-0.2, 0) is 0 Å². The summed E-state index contributed by atoms with van der Waals surface area (Å²) in [6, 6.07) is 5.49. The summed E-state index contributed by atoms with van der Waals surface area (Å²) >= 11 is 0. The zero-order chi connectivity index (χ0) is 10.1. The molecule has 0 aliphatic rings. The minimum Gasteiger partial charge on any atom is -0.508 e. The molecule has 1 atom stereocenters. The summed E-state index contributed by atoms with van der Waals surface area (Å²) in [5, 5.41) is 10.7. The van der Waals surface area contributed by atoms with Gasteiger partial charge in [0.25, 0.3) is 0 Å². The Morgan fingerprint density at radius 3 is 3.00 bits per heavy atom. The van der Waals surface area contributed by atoms with Gasteiger partial charge in [0.05, 0.1) is 0 Å². The fourth-order valence-corrected chi connectivity index (χ4v) is 1.62. The van der Waals surface area contributed by atoms with Crippen molar-refractivity contribution in [3.05, 3.63) is 30.0 Å². The number of aromatic hydroxyl groups is 1. The lowest BCUT2D eigenvalue weighted by molar-refractivity contribution is 0.461. The molecule has 1 aromatic carbocycles. The topological polar surface area (TPSA) is 62.0 Å². The largest absolute Gasteiger partial charge is 0.508 e. The Morgan fingerprint density at radius 1 is 1.50 bits per heavy atom. The number of fused-ring (bicyclic) bond motifs is 1. The molecule has 0 saturated heterocycles. The molecule has 0 aliphatic heterocycles. The molecule has 0 saturated carbocycles. The van der Waals surface area contributed by atoms with E-state index < -0.39 is 0 Å². The number of hydrogen-bond acceptors (Lipinski definition) is 2. The van der Waals surface area contributed by atoms with Crippen LogP contribution in [0.3, 0.4) is 0 Å². The highest BCUT2D eigenvalue weighted by Crippen LogP contribution is 2.29. The number of aromatic nitrogens is 1. The van der Waals surface area contributed by atoms with Crippen LogP contribution in [0.15, 0.2) is 24.4 Å². The SMILES string of the molecule is CC[C@@H](N)c1cc2[nH]ccc2cc1O. The van der Waals surface area contributed by atoms with Gasteiger partial charge in [0.1, 0.15) is 5.75 Å². The fourth-order valence-electron chi connectivity index (χ4n) is 1.62. The highest BCUT2D eigenvalue weighted by Gasteiger charge is 2.10. The van der Waals surface area contributed by atoms with Crippen LogP contribution in [0.2, 0.25) is 0 Å². The summed E-state index contributed by atoms with van der Waals surface area (Å²) in [6.07, 6.45) is 2.67. The van der Waals surface area contributed by atoms with Crippen LogP contribution in [0.25, 0.3) is 10.9 Å². The maximum atomic E-state index is 9.73. The van der Waals surface area contributed by atoms with E-state index in [1.54, 1.807) is 6.07 Å². The average molecular weight is 190 g/mol. The van der Waals surface area contributed by atoms with Crippen LogP contribution in [0.4, 0.5) is 0 Å². The van der Waals surface area contributed by atoms with Crippen molar-refractivity contribution in [2.45, 2.75) is 19.4 Å². The smallest absolute Gasteiger partial charge is 0.121 e. The highest BCUT2D eigenvalue weighted by atomic mass is 16.3. The number of rotatable bonds is 2. The number of H-pyrrole nitrogens is 1. The van der Waals surface area contributed by atoms with E-state index in [0.717, 1.165) is 22.9 Å². The predicted octanol–water partition coefficient (Wildman–Crippen LogP) is 2.28. The lowest BCUT2D eigenvalue weighted by atomic mass is 10.0. The van der Waals surface area contributed by atoms with E-state index in [2.05, 4.69) is 4.98 Å². The molecule has 0 unspecified atom stereocenters. The van der Waals surface area contributed by atoms with Gasteiger partial charge in [-0.25, -0.2) is 0 Å². The normalized spacial score (nSPS) is 13.3. The van der Waals surface area contributed by atoms with Gasteiger partial charge in [-0.2, -0.15) is 0 Å². The molecule has 0 fully saturated rings. The summed E-state index contributed by atoms with van der Waals surface area (Å²) in [4.78, 5) is 3.10. The van der Waals surface area contributed by atoms with Crippen LogP contribution in [-0.4, -0.2) is 10.1 Å². The molecule has 0 bridgehead atoms. The molecule has 3 heteroatoms. The zero-order valence-corrected chi connectivity index (χ0v) is 8.12. The van der Waals surface area contributed by atoms with Crippen molar-refractivity contribution in [3.8, 4) is 5.75 Å². The van der Waals surface area contributed by atoms with Crippen molar-refractivity contribution in [2.75, 3.05) is 0 Å². The second kappa shape index (κ2) is 3.35. The summed E-state index contributed by atoms with van der Waals surface area (Å²) in [5.74, 6) is 0.284. The lowest BCUT2D eigenvalue weighted by Crippen LogP contribution is -2.08. The van der Waals surface area contributed by atoms with Crippen LogP contribution >= 0.6 is 0 Å². The Balaban J connectivity index is 2.58. The second-order valence-corrected chi connectivity index (χ2v) is 3.49. The minimum absolute atomic E-state index is 0.0947. The minimum atomic E-state index is -0.0947. The van der Waals surface area contributed by atoms with Crippen molar-refractivity contribution in [2.24, 2.45) is 5.73 Å². The Bertz CT molecular complexity index is 447. The van der Waals surface area contributed by atoms with Gasteiger partial charge in [-0.15, -0.1) is 0 Å². The van der Waals surface area contributed by atoms with Crippen LogP contribution in [0.5, 0.6) is 5.75 Å². The third-order valence-electron chi connectivity index (χ3n) is 2.54. The van der Waals surface area contributed by atoms with E-state index in [4.69, 9.17) is 5.73 Å². The number of benzene rings is 1. The zero-order valence-electron chi connectivity index (χ0n) is 8.12. The van der Waals surface area contributed by atoms with Crippen molar-refractivity contribution >= 4 is 10.9 Å². The van der Waals surface area contributed by atoms with Crippen LogP contribution in [0.1, 0.15) is 24.9 Å². The molecule has 0 amide bonds. The molecular weight excluding hydrogens is 176 g/mol. The van der Waals surface area contributed by atoms with E-state index in [9.17, 15) is 5.11 Å². The second-order valence-electron chi connectivity index (χ2n) is 3.49. The van der Waals surface area contributed by atoms with E-state index in [1.165, 1.54) is 0 Å². The van der Waals surface area contributed by atoms with Gasteiger partial charge in [0.15, 0.2) is 0 Å². The third kappa shape index (κ3) is 1.36. The van der Waals surface area contributed by atoms with Crippen molar-refractivity contribution < 1.29 is 5.11 Å². The fraction of sp³-hybridized carbons (Fsp3) is 0.273. The molecule has 74 valence electrons. The Hall–Kier alpha value is -1.48. The molecule has 1 aromatic heterocycles. The average Bonchev–Trinajstić information content (AvgIpc) is 2.62. The summed E-state index contributed by atoms with van der Waals surface area (Å²) in [5.41, 5.74) is 7.70. The monoisotopic (exact) mass is 190 g/mol. The maximum absolute atomic E-state index is 9.73. The van der Waals surface area contributed by atoms with E-state index >= 15 is 0 Å². The molecule has 2 aromatic rings. The van der Waals surface area contributed by atoms with Gasteiger partial charge < -0.3 is 15.8 Å². The molecule has 0 radical (unpaired) electrons. The van der Waals surface area contributed by atoms with E-state index in [-0.39, 0.29) is 11.8 Å². The van der Waals surface area contributed by atoms with Gasteiger partial charge in [-0.3, -0.25) is 0 Å². The molecule has 1 heterocycles. The Morgan fingerprint density at radius 2 is 2.29 bits per heavy atom. The standard InChI is InChI=1S/C11H14N2O/c1-2-9(12)8-6-10-7(3-4-13-10)5-11(8)14/h3-6,9,13-14H,2,12H2,1H3/t9-/m1/s1. The quantitative estimate of drug-likeness (QED) is 0.680. The highest BCUT2D eigenvalue weighted by molar-refractivity contribution is 5.82. The van der Waals surface area contributed by atoms with Gasteiger partial charge >= 0.3 is 0 Å². The number of hydrogen-bond donors (Lipinski definition) is 3. The number of aromatic amines is 1. The summed E-state index contributed by atoms with van der Waals surface area (Å²) < 4.78 is 0. The molecule has 0 spiro atoms. The summed E-state index contributed by atoms with van der Waals surface area (Å²) in [7, 11) is 0. The van der Waals surface area contributed by atoms with Crippen molar-refractivity contribution in [1.29, 1.82) is 0 Å². The van der Waals surface area contributed by atoms with Crippen molar-refractivity contribution in [1.82, 2.24) is 4.98 Å². The molecule has 2 rings (SSSR count). The Kier molecular flexibility index (Phi) is 2.17. The number of phenolic OH excluding ortho intramolecular Hbond substituents is 1. The predicted molar refractivity (Wildman–Crippen MR) is 57.2 cm³/mol. The molecule has 0 aliphatic carbocycles. The molecular formula is C11H14N2O.